The number of aromatic nitrogens is 3. The number of pyridine rings is 1. The van der Waals surface area contributed by atoms with Gasteiger partial charge in [0.2, 0.25) is 0 Å². The van der Waals surface area contributed by atoms with Crippen LogP contribution in [0.15, 0.2) is 96.9 Å². The molecule has 5 rings (SSSR count). The number of amides is 1. The van der Waals surface area contributed by atoms with Gasteiger partial charge in [-0.2, -0.15) is 0 Å². The summed E-state index contributed by atoms with van der Waals surface area (Å²) in [7, 11) is 1.53. The summed E-state index contributed by atoms with van der Waals surface area (Å²) < 4.78 is 27.2. The standard InChI is InChI=1S/C34H34ClFN4O4/c1-21(13-26-31(44-19-33(26,3)4)22(2)23-8-9-28(36)27(35)15-23)34(42,18-40-12-11-37-20-40)17-39-32(41)25-14-24-7-6-10-38-30(24)29(16-25)43-5/h6-16,20,42H,2,17-19H2,1,3-5H3,(H,39,41)/b21-13+. The van der Waals surface area contributed by atoms with Gasteiger partial charge in [0, 0.05) is 46.1 Å². The van der Waals surface area contributed by atoms with E-state index in [2.05, 4.69) is 21.9 Å². The van der Waals surface area contributed by atoms with Crippen molar-refractivity contribution in [1.82, 2.24) is 19.9 Å². The first-order chi connectivity index (χ1) is 20.9. The van der Waals surface area contributed by atoms with Crippen LogP contribution in [-0.4, -0.2) is 51.4 Å². The molecular weight excluding hydrogens is 583 g/mol. The summed E-state index contributed by atoms with van der Waals surface area (Å²) in [6, 6.07) is 11.4. The molecule has 4 aromatic rings. The lowest BCUT2D eigenvalue weighted by molar-refractivity contribution is 0.0546. The van der Waals surface area contributed by atoms with E-state index < -0.39 is 16.8 Å². The van der Waals surface area contributed by atoms with Crippen LogP contribution in [0.2, 0.25) is 5.02 Å². The van der Waals surface area contributed by atoms with Crippen molar-refractivity contribution in [2.75, 3.05) is 20.3 Å². The van der Waals surface area contributed by atoms with Gasteiger partial charge >= 0.3 is 0 Å². The number of nitrogens with zero attached hydrogens (tertiary/aromatic N) is 3. The van der Waals surface area contributed by atoms with E-state index in [1.54, 1.807) is 53.8 Å². The third-order valence-electron chi connectivity index (χ3n) is 7.88. The van der Waals surface area contributed by atoms with Crippen LogP contribution >= 0.6 is 11.6 Å². The van der Waals surface area contributed by atoms with Gasteiger partial charge in [-0.05, 0) is 48.4 Å². The molecule has 228 valence electrons. The first-order valence-electron chi connectivity index (χ1n) is 14.0. The van der Waals surface area contributed by atoms with Crippen molar-refractivity contribution in [3.05, 3.63) is 119 Å². The molecule has 0 saturated carbocycles. The predicted octanol–water partition coefficient (Wildman–Crippen LogP) is 6.36. The molecule has 1 aliphatic rings. The number of nitrogens with one attached hydrogen (secondary N) is 1. The number of ether oxygens (including phenoxy) is 2. The molecule has 0 fully saturated rings. The Morgan fingerprint density at radius 3 is 2.77 bits per heavy atom. The van der Waals surface area contributed by atoms with Crippen LogP contribution in [0.4, 0.5) is 4.39 Å². The molecule has 1 aliphatic heterocycles. The number of hydrogen-bond acceptors (Lipinski definition) is 6. The van der Waals surface area contributed by atoms with Crippen molar-refractivity contribution in [2.24, 2.45) is 5.41 Å². The Morgan fingerprint density at radius 2 is 2.07 bits per heavy atom. The van der Waals surface area contributed by atoms with Gasteiger partial charge in [0.05, 0.1) is 38.2 Å². The topological polar surface area (TPSA) is 98.5 Å². The molecule has 2 aromatic heterocycles. The summed E-state index contributed by atoms with van der Waals surface area (Å²) in [6.45, 7) is 10.5. The summed E-state index contributed by atoms with van der Waals surface area (Å²) in [5.74, 6) is 0.106. The van der Waals surface area contributed by atoms with E-state index in [-0.39, 0.29) is 24.0 Å². The van der Waals surface area contributed by atoms with Crippen molar-refractivity contribution in [3.63, 3.8) is 0 Å². The zero-order valence-corrected chi connectivity index (χ0v) is 25.8. The van der Waals surface area contributed by atoms with Gasteiger partial charge < -0.3 is 24.5 Å². The molecule has 2 N–H and O–H groups in total. The Bertz CT molecular complexity index is 1800. The van der Waals surface area contributed by atoms with Crippen molar-refractivity contribution in [3.8, 4) is 5.75 Å². The molecule has 0 bridgehead atoms. The number of methoxy groups -OCH3 is 1. The lowest BCUT2D eigenvalue weighted by Crippen LogP contribution is -2.47. The maximum atomic E-state index is 13.9. The third kappa shape index (κ3) is 6.25. The second-order valence-corrected chi connectivity index (χ2v) is 12.0. The third-order valence-corrected chi connectivity index (χ3v) is 8.17. The largest absolute Gasteiger partial charge is 0.494 e. The molecule has 2 aromatic carbocycles. The van der Waals surface area contributed by atoms with E-state index in [1.165, 1.54) is 19.2 Å². The highest BCUT2D eigenvalue weighted by Gasteiger charge is 2.37. The SMILES string of the molecule is C=C(C1=C(/C=C(\C)C(O)(CNC(=O)c2cc(OC)c3ncccc3c2)Cn2ccnc2)C(C)(C)CO1)c1ccc(F)c(Cl)c1. The molecule has 44 heavy (non-hydrogen) atoms. The monoisotopic (exact) mass is 616 g/mol. The van der Waals surface area contributed by atoms with Gasteiger partial charge in [-0.1, -0.05) is 50.2 Å². The van der Waals surface area contributed by atoms with Gasteiger partial charge in [0.1, 0.15) is 28.4 Å². The number of carbonyl (C=O) groups excluding carboxylic acids is 1. The first-order valence-corrected chi connectivity index (χ1v) is 14.4. The first kappa shape index (κ1) is 31.0. The minimum absolute atomic E-state index is 0.0134. The van der Waals surface area contributed by atoms with Crippen LogP contribution in [0.3, 0.4) is 0 Å². The average molecular weight is 617 g/mol. The number of rotatable bonds is 10. The number of allylic oxidation sites excluding steroid dienone is 2. The fourth-order valence-electron chi connectivity index (χ4n) is 5.17. The smallest absolute Gasteiger partial charge is 0.251 e. The second-order valence-electron chi connectivity index (χ2n) is 11.6. The average Bonchev–Trinajstić information content (AvgIpc) is 3.62. The lowest BCUT2D eigenvalue weighted by Gasteiger charge is -2.31. The second kappa shape index (κ2) is 12.3. The Labute approximate surface area is 260 Å². The highest BCUT2D eigenvalue weighted by Crippen LogP contribution is 2.43. The molecular formula is C34H34ClFN4O4. The van der Waals surface area contributed by atoms with E-state index >= 15 is 0 Å². The number of hydrogen-bond donors (Lipinski definition) is 2. The summed E-state index contributed by atoms with van der Waals surface area (Å²) >= 11 is 6.05. The maximum absolute atomic E-state index is 13.9. The van der Waals surface area contributed by atoms with E-state index in [4.69, 9.17) is 21.1 Å². The highest BCUT2D eigenvalue weighted by molar-refractivity contribution is 6.30. The zero-order chi connectivity index (χ0) is 31.6. The van der Waals surface area contributed by atoms with Crippen LogP contribution in [0, 0.1) is 11.2 Å². The zero-order valence-electron chi connectivity index (χ0n) is 25.0. The summed E-state index contributed by atoms with van der Waals surface area (Å²) in [4.78, 5) is 21.9. The van der Waals surface area contributed by atoms with E-state index in [1.807, 2.05) is 32.9 Å². The number of imidazole rings is 1. The molecule has 1 unspecified atom stereocenters. The molecule has 1 atom stereocenters. The fourth-order valence-corrected chi connectivity index (χ4v) is 5.35. The molecule has 0 spiro atoms. The molecule has 0 saturated heterocycles. The van der Waals surface area contributed by atoms with E-state index in [0.29, 0.717) is 45.9 Å². The minimum Gasteiger partial charge on any atom is -0.494 e. The Balaban J connectivity index is 1.48. The number of fused-ring (bicyclic) bond motifs is 1. The van der Waals surface area contributed by atoms with E-state index in [0.717, 1.165) is 11.0 Å². The van der Waals surface area contributed by atoms with Crippen molar-refractivity contribution < 1.29 is 23.8 Å². The molecule has 10 heteroatoms. The van der Waals surface area contributed by atoms with Crippen molar-refractivity contribution in [2.45, 2.75) is 32.9 Å². The lowest BCUT2D eigenvalue weighted by atomic mass is 9.81. The molecule has 0 aliphatic carbocycles. The van der Waals surface area contributed by atoms with Gasteiger partial charge in [0.25, 0.3) is 5.91 Å². The highest BCUT2D eigenvalue weighted by atomic mass is 35.5. The molecule has 3 heterocycles. The van der Waals surface area contributed by atoms with E-state index in [9.17, 15) is 14.3 Å². The molecule has 8 nitrogen and oxygen atoms in total. The van der Waals surface area contributed by atoms with Gasteiger partial charge in [0.15, 0.2) is 0 Å². The minimum atomic E-state index is -1.52. The van der Waals surface area contributed by atoms with Crippen LogP contribution in [0.1, 0.15) is 36.7 Å². The summed E-state index contributed by atoms with van der Waals surface area (Å²) in [5.41, 5.74) is 1.63. The van der Waals surface area contributed by atoms with Crippen molar-refractivity contribution in [1.29, 1.82) is 0 Å². The van der Waals surface area contributed by atoms with Crippen LogP contribution in [0.25, 0.3) is 16.5 Å². The predicted molar refractivity (Wildman–Crippen MR) is 169 cm³/mol. The van der Waals surface area contributed by atoms with Crippen LogP contribution in [0.5, 0.6) is 5.75 Å². The number of benzene rings is 2. The maximum Gasteiger partial charge on any atom is 0.251 e. The van der Waals surface area contributed by atoms with Crippen LogP contribution in [-0.2, 0) is 11.3 Å². The van der Waals surface area contributed by atoms with Gasteiger partial charge in [-0.15, -0.1) is 0 Å². The normalized spacial score (nSPS) is 16.0. The van der Waals surface area contributed by atoms with Crippen molar-refractivity contribution >= 4 is 34.0 Å². The number of halogens is 2. The van der Waals surface area contributed by atoms with Gasteiger partial charge in [-0.25, -0.2) is 9.37 Å². The summed E-state index contributed by atoms with van der Waals surface area (Å²) in [5, 5.41) is 15.8. The molecule has 0 radical (unpaired) electrons. The Hall–Kier alpha value is -4.47. The Morgan fingerprint density at radius 1 is 1.27 bits per heavy atom. The Kier molecular flexibility index (Phi) is 8.63. The van der Waals surface area contributed by atoms with Crippen LogP contribution < -0.4 is 10.1 Å². The summed E-state index contributed by atoms with van der Waals surface area (Å²) in [6.07, 6.45) is 8.52. The molecule has 1 amide bonds. The van der Waals surface area contributed by atoms with Gasteiger partial charge in [-0.3, -0.25) is 9.78 Å². The quantitative estimate of drug-likeness (QED) is 0.215. The number of carbonyl (C=O) groups is 1. The number of aliphatic hydroxyl groups is 1. The fraction of sp³-hybridized carbons (Fsp3) is 0.265.